The molecule has 0 N–H and O–H groups in total. The zero-order valence-corrected chi connectivity index (χ0v) is 16.9. The summed E-state index contributed by atoms with van der Waals surface area (Å²) in [5.41, 5.74) is 1.02. The predicted molar refractivity (Wildman–Crippen MR) is 108 cm³/mol. The van der Waals surface area contributed by atoms with Gasteiger partial charge < -0.3 is 9.47 Å². The molecule has 1 saturated heterocycles. The molecule has 4 rings (SSSR count). The van der Waals surface area contributed by atoms with E-state index in [9.17, 15) is 8.42 Å². The van der Waals surface area contributed by atoms with E-state index in [1.165, 1.54) is 15.6 Å². The number of ether oxygens (including phenoxy) is 2. The summed E-state index contributed by atoms with van der Waals surface area (Å²) in [5.74, 6) is 1.35. The molecule has 1 unspecified atom stereocenters. The van der Waals surface area contributed by atoms with Gasteiger partial charge in [0.1, 0.15) is 17.6 Å². The molecule has 1 aromatic heterocycles. The molecule has 0 saturated carbocycles. The Morgan fingerprint density at radius 3 is 2.64 bits per heavy atom. The van der Waals surface area contributed by atoms with Gasteiger partial charge in [0.2, 0.25) is 10.0 Å². The fourth-order valence-corrected chi connectivity index (χ4v) is 5.09. The van der Waals surface area contributed by atoms with E-state index >= 15 is 0 Å². The molecule has 28 heavy (non-hydrogen) atoms. The van der Waals surface area contributed by atoms with Crippen LogP contribution in [-0.4, -0.2) is 36.9 Å². The van der Waals surface area contributed by atoms with E-state index in [1.54, 1.807) is 30.5 Å². The SMILES string of the molecule is Cc1ccccc1Oc1ccc(S(=O)(=O)N2CCC(Oc3nccs3)C2)cc1. The molecule has 1 fully saturated rings. The first-order chi connectivity index (χ1) is 13.5. The molecule has 1 atom stereocenters. The van der Waals surface area contributed by atoms with Gasteiger partial charge in [0.25, 0.3) is 5.19 Å². The molecule has 0 amide bonds. The second-order valence-corrected chi connectivity index (χ2v) is 9.32. The lowest BCUT2D eigenvalue weighted by atomic mass is 10.2. The van der Waals surface area contributed by atoms with Gasteiger partial charge in [-0.2, -0.15) is 4.31 Å². The van der Waals surface area contributed by atoms with Gasteiger partial charge in [-0.05, 0) is 49.2 Å². The van der Waals surface area contributed by atoms with E-state index < -0.39 is 10.0 Å². The lowest BCUT2D eigenvalue weighted by Crippen LogP contribution is -2.31. The highest BCUT2D eigenvalue weighted by atomic mass is 32.2. The highest BCUT2D eigenvalue weighted by Crippen LogP contribution is 2.28. The topological polar surface area (TPSA) is 68.7 Å². The number of nitrogens with zero attached hydrogens (tertiary/aromatic N) is 2. The van der Waals surface area contributed by atoms with Crippen molar-refractivity contribution in [3.05, 3.63) is 65.7 Å². The van der Waals surface area contributed by atoms with Crippen LogP contribution in [0.4, 0.5) is 0 Å². The maximum absolute atomic E-state index is 12.9. The molecule has 1 aliphatic heterocycles. The minimum Gasteiger partial charge on any atom is -0.465 e. The standard InChI is InChI=1S/C20H20N2O4S2/c1-15-4-2-3-5-19(15)25-16-6-8-18(9-7-16)28(23,24)22-12-10-17(14-22)26-20-21-11-13-27-20/h2-9,11,13,17H,10,12,14H2,1H3. The van der Waals surface area contributed by atoms with E-state index in [0.29, 0.717) is 30.5 Å². The molecule has 8 heteroatoms. The Morgan fingerprint density at radius 2 is 1.93 bits per heavy atom. The van der Waals surface area contributed by atoms with Crippen molar-refractivity contribution in [2.24, 2.45) is 0 Å². The number of benzene rings is 2. The summed E-state index contributed by atoms with van der Waals surface area (Å²) in [6.45, 7) is 2.72. The van der Waals surface area contributed by atoms with Crippen molar-refractivity contribution in [2.75, 3.05) is 13.1 Å². The smallest absolute Gasteiger partial charge is 0.273 e. The van der Waals surface area contributed by atoms with E-state index in [1.807, 2.05) is 36.6 Å². The quantitative estimate of drug-likeness (QED) is 0.605. The van der Waals surface area contributed by atoms with E-state index in [0.717, 1.165) is 11.3 Å². The van der Waals surface area contributed by atoms with Crippen LogP contribution >= 0.6 is 11.3 Å². The number of aryl methyl sites for hydroxylation is 1. The average molecular weight is 417 g/mol. The van der Waals surface area contributed by atoms with Gasteiger partial charge in [-0.15, -0.1) is 0 Å². The largest absolute Gasteiger partial charge is 0.465 e. The monoisotopic (exact) mass is 416 g/mol. The second kappa shape index (κ2) is 7.90. The summed E-state index contributed by atoms with van der Waals surface area (Å²) >= 11 is 1.40. The van der Waals surface area contributed by atoms with Gasteiger partial charge in [-0.25, -0.2) is 13.4 Å². The first-order valence-electron chi connectivity index (χ1n) is 8.92. The molecule has 6 nitrogen and oxygen atoms in total. The van der Waals surface area contributed by atoms with Crippen molar-refractivity contribution < 1.29 is 17.9 Å². The zero-order valence-electron chi connectivity index (χ0n) is 15.3. The van der Waals surface area contributed by atoms with E-state index in [-0.39, 0.29) is 11.0 Å². The maximum atomic E-state index is 12.9. The third kappa shape index (κ3) is 4.04. The predicted octanol–water partition coefficient (Wildman–Crippen LogP) is 4.09. The van der Waals surface area contributed by atoms with Crippen LogP contribution in [0.2, 0.25) is 0 Å². The summed E-state index contributed by atoms with van der Waals surface area (Å²) in [4.78, 5) is 4.34. The Labute approximate surface area is 168 Å². The number of hydrogen-bond donors (Lipinski definition) is 0. The van der Waals surface area contributed by atoms with Crippen molar-refractivity contribution in [3.8, 4) is 16.7 Å². The van der Waals surface area contributed by atoms with Crippen LogP contribution in [0.15, 0.2) is 65.0 Å². The summed E-state index contributed by atoms with van der Waals surface area (Å²) in [7, 11) is -3.57. The van der Waals surface area contributed by atoms with Crippen LogP contribution in [0.1, 0.15) is 12.0 Å². The molecule has 0 radical (unpaired) electrons. The Balaban J connectivity index is 1.44. The zero-order chi connectivity index (χ0) is 19.6. The third-order valence-corrected chi connectivity index (χ3v) is 7.11. The normalized spacial score (nSPS) is 17.5. The molecule has 2 heterocycles. The van der Waals surface area contributed by atoms with Crippen molar-refractivity contribution in [1.82, 2.24) is 9.29 Å². The lowest BCUT2D eigenvalue weighted by molar-refractivity contribution is 0.214. The van der Waals surface area contributed by atoms with Crippen LogP contribution in [0.5, 0.6) is 16.7 Å². The first-order valence-corrected chi connectivity index (χ1v) is 11.2. The highest BCUT2D eigenvalue weighted by Gasteiger charge is 2.34. The molecule has 0 aliphatic carbocycles. The molecular weight excluding hydrogens is 396 g/mol. The fourth-order valence-electron chi connectivity index (χ4n) is 3.05. The van der Waals surface area contributed by atoms with Crippen molar-refractivity contribution in [1.29, 1.82) is 0 Å². The second-order valence-electron chi connectivity index (χ2n) is 6.53. The number of rotatable bonds is 6. The minimum atomic E-state index is -3.57. The number of hydrogen-bond acceptors (Lipinski definition) is 6. The highest BCUT2D eigenvalue weighted by molar-refractivity contribution is 7.89. The number of thiazole rings is 1. The lowest BCUT2D eigenvalue weighted by Gasteiger charge is -2.17. The van der Waals surface area contributed by atoms with Gasteiger partial charge in [0.15, 0.2) is 0 Å². The average Bonchev–Trinajstić information content (AvgIpc) is 3.37. The summed E-state index contributed by atoms with van der Waals surface area (Å²) < 4.78 is 38.9. The molecule has 0 spiro atoms. The Kier molecular flexibility index (Phi) is 5.34. The Hall–Kier alpha value is -2.42. The van der Waals surface area contributed by atoms with Gasteiger partial charge in [-0.3, -0.25) is 0 Å². The van der Waals surface area contributed by atoms with E-state index in [2.05, 4.69) is 4.98 Å². The molecule has 3 aromatic rings. The third-order valence-electron chi connectivity index (χ3n) is 4.57. The summed E-state index contributed by atoms with van der Waals surface area (Å²) in [6.07, 6.45) is 2.14. The molecular formula is C20H20N2O4S2. The Bertz CT molecular complexity index is 1030. The molecule has 1 aliphatic rings. The van der Waals surface area contributed by atoms with Gasteiger partial charge in [0, 0.05) is 18.1 Å². The number of para-hydroxylation sites is 1. The van der Waals surface area contributed by atoms with Crippen molar-refractivity contribution in [2.45, 2.75) is 24.3 Å². The van der Waals surface area contributed by atoms with Crippen LogP contribution in [0, 0.1) is 6.92 Å². The molecule has 2 aromatic carbocycles. The maximum Gasteiger partial charge on any atom is 0.273 e. The fraction of sp³-hybridized carbons (Fsp3) is 0.250. The number of aromatic nitrogens is 1. The molecule has 0 bridgehead atoms. The number of sulfonamides is 1. The van der Waals surface area contributed by atoms with Gasteiger partial charge in [-0.1, -0.05) is 29.5 Å². The van der Waals surface area contributed by atoms with Crippen molar-refractivity contribution in [3.63, 3.8) is 0 Å². The van der Waals surface area contributed by atoms with Crippen LogP contribution in [0.25, 0.3) is 0 Å². The van der Waals surface area contributed by atoms with Gasteiger partial charge in [0.05, 0.1) is 11.4 Å². The Morgan fingerprint density at radius 1 is 1.14 bits per heavy atom. The van der Waals surface area contributed by atoms with Gasteiger partial charge >= 0.3 is 0 Å². The van der Waals surface area contributed by atoms with Crippen LogP contribution in [0.3, 0.4) is 0 Å². The minimum absolute atomic E-state index is 0.176. The molecule has 146 valence electrons. The first kappa shape index (κ1) is 18.9. The summed E-state index contributed by atoms with van der Waals surface area (Å²) in [5, 5.41) is 2.40. The summed E-state index contributed by atoms with van der Waals surface area (Å²) in [6, 6.07) is 14.2. The van der Waals surface area contributed by atoms with E-state index in [4.69, 9.17) is 9.47 Å². The van der Waals surface area contributed by atoms with Crippen LogP contribution in [-0.2, 0) is 10.0 Å². The van der Waals surface area contributed by atoms with Crippen molar-refractivity contribution >= 4 is 21.4 Å². The van der Waals surface area contributed by atoms with Crippen LogP contribution < -0.4 is 9.47 Å².